The van der Waals surface area contributed by atoms with E-state index in [9.17, 15) is 0 Å². The Balaban J connectivity index is 2.06. The van der Waals surface area contributed by atoms with Crippen molar-refractivity contribution in [3.05, 3.63) is 12.3 Å². The van der Waals surface area contributed by atoms with E-state index in [-0.39, 0.29) is 0 Å². The van der Waals surface area contributed by atoms with Gasteiger partial charge in [0.05, 0.1) is 24.4 Å². The fourth-order valence-corrected chi connectivity index (χ4v) is 2.06. The molecule has 16 heavy (non-hydrogen) atoms. The van der Waals surface area contributed by atoms with Crippen molar-refractivity contribution in [2.45, 2.75) is 51.8 Å². The lowest BCUT2D eigenvalue weighted by Gasteiger charge is -2.20. The molecule has 0 aliphatic carbocycles. The number of rotatable bonds is 4. The monoisotopic (exact) mass is 223 g/mol. The summed E-state index contributed by atoms with van der Waals surface area (Å²) in [4.78, 5) is 0. The van der Waals surface area contributed by atoms with Crippen LogP contribution in [0.4, 0.5) is 5.82 Å². The van der Waals surface area contributed by atoms with Crippen LogP contribution in [0, 0.1) is 0 Å². The molecule has 0 radical (unpaired) electrons. The number of nitrogens with zero attached hydrogens (tertiary/aromatic N) is 2. The van der Waals surface area contributed by atoms with Crippen LogP contribution in [0.15, 0.2) is 12.3 Å². The van der Waals surface area contributed by atoms with Crippen molar-refractivity contribution in [1.82, 2.24) is 9.78 Å². The summed E-state index contributed by atoms with van der Waals surface area (Å²) in [5.41, 5.74) is 0. The molecule has 1 aliphatic heterocycles. The minimum atomic E-state index is 0.292. The molecule has 0 amide bonds. The zero-order valence-electron chi connectivity index (χ0n) is 10.3. The molecule has 4 heteroatoms. The molecule has 4 nitrogen and oxygen atoms in total. The van der Waals surface area contributed by atoms with E-state index in [4.69, 9.17) is 4.74 Å². The van der Waals surface area contributed by atoms with E-state index in [0.29, 0.717) is 18.2 Å². The second-order valence-electron chi connectivity index (χ2n) is 4.53. The molecule has 0 aromatic carbocycles. The van der Waals surface area contributed by atoms with Crippen LogP contribution in [0.25, 0.3) is 0 Å². The quantitative estimate of drug-likeness (QED) is 0.852. The minimum absolute atomic E-state index is 0.292. The van der Waals surface area contributed by atoms with Crippen molar-refractivity contribution in [3.63, 3.8) is 0 Å². The molecule has 2 heterocycles. The highest BCUT2D eigenvalue weighted by Crippen LogP contribution is 2.21. The first-order valence-corrected chi connectivity index (χ1v) is 6.14. The molecule has 3 unspecified atom stereocenters. The molecule has 2 rings (SSSR count). The van der Waals surface area contributed by atoms with Gasteiger partial charge in [-0.2, -0.15) is 5.10 Å². The molecule has 1 aromatic heterocycles. The molecule has 0 bridgehead atoms. The van der Waals surface area contributed by atoms with Gasteiger partial charge in [0.15, 0.2) is 0 Å². The van der Waals surface area contributed by atoms with Gasteiger partial charge >= 0.3 is 0 Å². The second-order valence-corrected chi connectivity index (χ2v) is 4.53. The van der Waals surface area contributed by atoms with Crippen molar-refractivity contribution in [2.75, 3.05) is 11.9 Å². The largest absolute Gasteiger partial charge is 0.376 e. The summed E-state index contributed by atoms with van der Waals surface area (Å²) >= 11 is 0. The van der Waals surface area contributed by atoms with Crippen LogP contribution in [0.1, 0.15) is 39.7 Å². The van der Waals surface area contributed by atoms with Crippen LogP contribution >= 0.6 is 0 Å². The second kappa shape index (κ2) is 4.87. The average Bonchev–Trinajstić information content (AvgIpc) is 2.88. The maximum Gasteiger partial charge on any atom is 0.124 e. The predicted octanol–water partition coefficient (Wildman–Crippen LogP) is 2.44. The van der Waals surface area contributed by atoms with Gasteiger partial charge in [0.1, 0.15) is 5.82 Å². The maximum absolute atomic E-state index is 5.55. The Morgan fingerprint density at radius 2 is 2.50 bits per heavy atom. The van der Waals surface area contributed by atoms with Crippen LogP contribution < -0.4 is 5.32 Å². The zero-order valence-corrected chi connectivity index (χ0v) is 10.3. The Morgan fingerprint density at radius 1 is 1.69 bits per heavy atom. The third-order valence-electron chi connectivity index (χ3n) is 3.39. The van der Waals surface area contributed by atoms with E-state index in [2.05, 4.69) is 35.9 Å². The Bertz CT molecular complexity index is 337. The van der Waals surface area contributed by atoms with Crippen molar-refractivity contribution in [2.24, 2.45) is 0 Å². The highest BCUT2D eigenvalue weighted by Gasteiger charge is 2.25. The van der Waals surface area contributed by atoms with Crippen LogP contribution in [-0.4, -0.2) is 28.5 Å². The maximum atomic E-state index is 5.55. The number of anilines is 1. The number of aromatic nitrogens is 2. The molecule has 1 N–H and O–H groups in total. The van der Waals surface area contributed by atoms with Gasteiger partial charge in [-0.15, -0.1) is 0 Å². The third-order valence-corrected chi connectivity index (χ3v) is 3.39. The summed E-state index contributed by atoms with van der Waals surface area (Å²) in [5, 5.41) is 7.90. The molecule has 3 atom stereocenters. The Kier molecular flexibility index (Phi) is 3.49. The molecule has 1 aliphatic rings. The molecule has 1 saturated heterocycles. The minimum Gasteiger partial charge on any atom is -0.376 e. The molecule has 0 saturated carbocycles. The summed E-state index contributed by atoms with van der Waals surface area (Å²) < 4.78 is 7.61. The fraction of sp³-hybridized carbons (Fsp3) is 0.750. The summed E-state index contributed by atoms with van der Waals surface area (Å²) in [5.74, 6) is 1.11. The predicted molar refractivity (Wildman–Crippen MR) is 64.7 cm³/mol. The van der Waals surface area contributed by atoms with E-state index in [1.54, 1.807) is 0 Å². The summed E-state index contributed by atoms with van der Waals surface area (Å²) in [6.07, 6.45) is 4.31. The number of hydrogen-bond donors (Lipinski definition) is 1. The lowest BCUT2D eigenvalue weighted by molar-refractivity contribution is 0.121. The van der Waals surface area contributed by atoms with Gasteiger partial charge in [-0.1, -0.05) is 6.92 Å². The number of nitrogens with one attached hydrogen (secondary N) is 1. The summed E-state index contributed by atoms with van der Waals surface area (Å²) in [6.45, 7) is 7.34. The molecule has 0 spiro atoms. The average molecular weight is 223 g/mol. The summed E-state index contributed by atoms with van der Waals surface area (Å²) in [7, 11) is 0. The van der Waals surface area contributed by atoms with Crippen LogP contribution in [-0.2, 0) is 4.74 Å². The highest BCUT2D eigenvalue weighted by molar-refractivity contribution is 5.36. The van der Waals surface area contributed by atoms with Gasteiger partial charge in [0.2, 0.25) is 0 Å². The van der Waals surface area contributed by atoms with Crippen LogP contribution in [0.2, 0.25) is 0 Å². The summed E-state index contributed by atoms with van der Waals surface area (Å²) in [6, 6.07) is 2.90. The number of ether oxygens (including phenoxy) is 1. The van der Waals surface area contributed by atoms with Gasteiger partial charge in [-0.3, -0.25) is 0 Å². The van der Waals surface area contributed by atoms with Crippen molar-refractivity contribution in [1.29, 1.82) is 0 Å². The first-order valence-electron chi connectivity index (χ1n) is 6.14. The van der Waals surface area contributed by atoms with Crippen molar-refractivity contribution in [3.8, 4) is 0 Å². The highest BCUT2D eigenvalue weighted by atomic mass is 16.5. The Morgan fingerprint density at radius 3 is 3.12 bits per heavy atom. The normalized spacial score (nSPS) is 26.9. The standard InChI is InChI=1S/C12H21N3O/c1-4-9(2)15-12(5-7-13-15)14-11-6-8-16-10(11)3/h5,7,9-11,14H,4,6,8H2,1-3H3. The van der Waals surface area contributed by atoms with Crippen molar-refractivity contribution >= 4 is 5.82 Å². The van der Waals surface area contributed by atoms with Gasteiger partial charge in [0, 0.05) is 12.7 Å². The van der Waals surface area contributed by atoms with Crippen LogP contribution in [0.3, 0.4) is 0 Å². The molecule has 90 valence electrons. The van der Waals surface area contributed by atoms with E-state index in [0.717, 1.165) is 25.3 Å². The lowest BCUT2D eigenvalue weighted by Crippen LogP contribution is -2.28. The van der Waals surface area contributed by atoms with Gasteiger partial charge < -0.3 is 10.1 Å². The third kappa shape index (κ3) is 2.21. The van der Waals surface area contributed by atoms with E-state index < -0.39 is 0 Å². The molecule has 1 aromatic rings. The van der Waals surface area contributed by atoms with Crippen molar-refractivity contribution < 1.29 is 4.74 Å². The van der Waals surface area contributed by atoms with Gasteiger partial charge in [-0.05, 0) is 26.7 Å². The Labute approximate surface area is 97.0 Å². The first-order chi connectivity index (χ1) is 7.72. The van der Waals surface area contributed by atoms with Crippen LogP contribution in [0.5, 0.6) is 0 Å². The van der Waals surface area contributed by atoms with E-state index >= 15 is 0 Å². The zero-order chi connectivity index (χ0) is 11.5. The molecular weight excluding hydrogens is 202 g/mol. The molecule has 1 fully saturated rings. The Hall–Kier alpha value is -1.03. The lowest BCUT2D eigenvalue weighted by atomic mass is 10.1. The molecular formula is C12H21N3O. The SMILES string of the molecule is CCC(C)n1nccc1NC1CCOC1C. The fourth-order valence-electron chi connectivity index (χ4n) is 2.06. The van der Waals surface area contributed by atoms with E-state index in [1.807, 2.05) is 12.3 Å². The van der Waals surface area contributed by atoms with E-state index in [1.165, 1.54) is 0 Å². The first kappa shape index (κ1) is 11.5. The topological polar surface area (TPSA) is 39.1 Å². The van der Waals surface area contributed by atoms with Gasteiger partial charge in [0.25, 0.3) is 0 Å². The smallest absolute Gasteiger partial charge is 0.124 e. The number of hydrogen-bond acceptors (Lipinski definition) is 3. The van der Waals surface area contributed by atoms with Gasteiger partial charge in [-0.25, -0.2) is 4.68 Å².